The van der Waals surface area contributed by atoms with E-state index >= 15 is 0 Å². The lowest BCUT2D eigenvalue weighted by molar-refractivity contribution is -0.0392. The summed E-state index contributed by atoms with van der Waals surface area (Å²) in [5.41, 5.74) is 3.16. The van der Waals surface area contributed by atoms with E-state index in [-0.39, 0.29) is 17.6 Å². The molecule has 2 aromatic heterocycles. The van der Waals surface area contributed by atoms with Crippen LogP contribution in [0.1, 0.15) is 36.0 Å². The Bertz CT molecular complexity index is 1010. The number of nitrogens with zero attached hydrogens (tertiary/aromatic N) is 3. The zero-order valence-electron chi connectivity index (χ0n) is 17.4. The molecule has 1 aliphatic heterocycles. The fourth-order valence-corrected chi connectivity index (χ4v) is 4.59. The highest BCUT2D eigenvalue weighted by Gasteiger charge is 2.22. The summed E-state index contributed by atoms with van der Waals surface area (Å²) < 4.78 is 12.9. The Morgan fingerprint density at radius 2 is 2.10 bits per heavy atom. The zero-order valence-corrected chi connectivity index (χ0v) is 18.2. The fraction of sp³-hybridized carbons (Fsp3) is 0.524. The van der Waals surface area contributed by atoms with E-state index in [0.29, 0.717) is 31.2 Å². The summed E-state index contributed by atoms with van der Waals surface area (Å²) in [5, 5.41) is 3.37. The molecule has 1 amide bonds. The monoisotopic (exact) mass is 416 g/mol. The lowest BCUT2D eigenvalue weighted by atomic mass is 9.96. The van der Waals surface area contributed by atoms with Crippen LogP contribution in [0.2, 0.25) is 0 Å². The van der Waals surface area contributed by atoms with Crippen molar-refractivity contribution in [2.24, 2.45) is 5.41 Å². The summed E-state index contributed by atoms with van der Waals surface area (Å²) in [5.74, 6) is 0.0398. The molecule has 1 aliphatic rings. The van der Waals surface area contributed by atoms with Crippen LogP contribution in [0.25, 0.3) is 16.0 Å². The predicted octanol–water partition coefficient (Wildman–Crippen LogP) is 3.13. The number of hydrogen-bond acceptors (Lipinski definition) is 6. The molecule has 1 fully saturated rings. The summed E-state index contributed by atoms with van der Waals surface area (Å²) in [7, 11) is 1.86. The van der Waals surface area contributed by atoms with Crippen molar-refractivity contribution in [2.75, 3.05) is 33.4 Å². The summed E-state index contributed by atoms with van der Waals surface area (Å²) in [6.07, 6.45) is 1.75. The normalized spacial score (nSPS) is 15.6. The number of carbonyl (C=O) groups is 1. The quantitative estimate of drug-likeness (QED) is 0.669. The lowest BCUT2D eigenvalue weighted by Crippen LogP contribution is -2.34. The van der Waals surface area contributed by atoms with Crippen molar-refractivity contribution in [2.45, 2.75) is 33.6 Å². The molecular formula is C21H28N4O3S. The minimum Gasteiger partial charge on any atom is -0.349 e. The number of amides is 1. The van der Waals surface area contributed by atoms with Gasteiger partial charge in [0.15, 0.2) is 11.3 Å². The highest BCUT2D eigenvalue weighted by Crippen LogP contribution is 2.26. The molecule has 0 unspecified atom stereocenters. The van der Waals surface area contributed by atoms with Crippen molar-refractivity contribution in [3.63, 3.8) is 0 Å². The van der Waals surface area contributed by atoms with Gasteiger partial charge < -0.3 is 19.7 Å². The van der Waals surface area contributed by atoms with E-state index in [4.69, 9.17) is 9.47 Å². The largest absolute Gasteiger partial charge is 0.349 e. The van der Waals surface area contributed by atoms with Gasteiger partial charge in [-0.05, 0) is 23.1 Å². The van der Waals surface area contributed by atoms with Gasteiger partial charge >= 0.3 is 0 Å². The van der Waals surface area contributed by atoms with Crippen molar-refractivity contribution in [1.82, 2.24) is 19.6 Å². The first-order valence-corrected chi connectivity index (χ1v) is 10.7. The van der Waals surface area contributed by atoms with Crippen LogP contribution in [0.15, 0.2) is 24.4 Å². The van der Waals surface area contributed by atoms with Crippen LogP contribution < -0.4 is 5.32 Å². The number of nitrogens with one attached hydrogen (secondary N) is 1. The van der Waals surface area contributed by atoms with Crippen molar-refractivity contribution in [3.05, 3.63) is 34.8 Å². The Morgan fingerprint density at radius 3 is 2.83 bits per heavy atom. The topological polar surface area (TPSA) is 68.1 Å². The standard InChI is InChI=1S/C21H28N4O3S/c1-21(2,3)13-24(4)19(26)17-12-25-16-9-14(5-6-15(16)23-20(25)29-17)10-22-11-18-27-7-8-28-18/h5-6,9,12,18,22H,7-8,10-11,13H2,1-4H3. The molecule has 29 heavy (non-hydrogen) atoms. The average Bonchev–Trinajstić information content (AvgIpc) is 3.35. The van der Waals surface area contributed by atoms with Crippen molar-refractivity contribution >= 4 is 33.2 Å². The minimum atomic E-state index is -0.157. The van der Waals surface area contributed by atoms with Gasteiger partial charge in [0.05, 0.1) is 24.2 Å². The van der Waals surface area contributed by atoms with Crippen LogP contribution in [0.4, 0.5) is 0 Å². The summed E-state index contributed by atoms with van der Waals surface area (Å²) >= 11 is 1.44. The molecule has 3 heterocycles. The van der Waals surface area contributed by atoms with Crippen LogP contribution in [-0.4, -0.2) is 59.8 Å². The summed E-state index contributed by atoms with van der Waals surface area (Å²) in [6, 6.07) is 6.23. The van der Waals surface area contributed by atoms with Gasteiger partial charge in [-0.2, -0.15) is 0 Å². The van der Waals surface area contributed by atoms with E-state index in [9.17, 15) is 4.79 Å². The minimum absolute atomic E-state index is 0.0398. The Labute approximate surface area is 174 Å². The Morgan fingerprint density at radius 1 is 1.34 bits per heavy atom. The number of imidazole rings is 1. The van der Waals surface area contributed by atoms with Crippen LogP contribution >= 0.6 is 11.3 Å². The van der Waals surface area contributed by atoms with Crippen LogP contribution in [0.5, 0.6) is 0 Å². The number of rotatable bonds is 6. The smallest absolute Gasteiger partial charge is 0.265 e. The van der Waals surface area contributed by atoms with E-state index in [1.54, 1.807) is 4.90 Å². The highest BCUT2D eigenvalue weighted by molar-refractivity contribution is 7.18. The number of ether oxygens (including phenoxy) is 2. The molecular weight excluding hydrogens is 388 g/mol. The molecule has 0 bridgehead atoms. The second kappa shape index (κ2) is 8.02. The number of aromatic nitrogens is 2. The van der Waals surface area contributed by atoms with E-state index in [2.05, 4.69) is 43.2 Å². The average molecular weight is 417 g/mol. The van der Waals surface area contributed by atoms with E-state index in [0.717, 1.165) is 28.1 Å². The molecule has 8 heteroatoms. The molecule has 0 atom stereocenters. The van der Waals surface area contributed by atoms with Crippen LogP contribution in [-0.2, 0) is 16.0 Å². The van der Waals surface area contributed by atoms with Gasteiger partial charge in [0.1, 0.15) is 4.88 Å². The second-order valence-electron chi connectivity index (χ2n) is 8.71. The van der Waals surface area contributed by atoms with Gasteiger partial charge in [-0.15, -0.1) is 0 Å². The third-order valence-electron chi connectivity index (χ3n) is 4.77. The molecule has 1 saturated heterocycles. The maximum Gasteiger partial charge on any atom is 0.265 e. The zero-order chi connectivity index (χ0) is 20.6. The molecule has 1 aromatic carbocycles. The molecule has 7 nitrogen and oxygen atoms in total. The first-order valence-electron chi connectivity index (χ1n) is 9.90. The van der Waals surface area contributed by atoms with Crippen molar-refractivity contribution in [3.8, 4) is 0 Å². The number of hydrogen-bond donors (Lipinski definition) is 1. The predicted molar refractivity (Wildman–Crippen MR) is 114 cm³/mol. The number of thiazole rings is 1. The second-order valence-corrected chi connectivity index (χ2v) is 9.72. The third kappa shape index (κ3) is 4.61. The van der Waals surface area contributed by atoms with Gasteiger partial charge in [0.2, 0.25) is 0 Å². The first-order chi connectivity index (χ1) is 13.8. The summed E-state index contributed by atoms with van der Waals surface area (Å²) in [6.45, 7) is 9.81. The fourth-order valence-electron chi connectivity index (χ4n) is 3.59. The maximum atomic E-state index is 12.8. The van der Waals surface area contributed by atoms with Gasteiger partial charge in [-0.25, -0.2) is 4.98 Å². The van der Waals surface area contributed by atoms with Crippen LogP contribution in [0, 0.1) is 5.41 Å². The SMILES string of the molecule is CN(CC(C)(C)C)C(=O)c1cn2c(nc3ccc(CNCC4OCCO4)cc32)s1. The Balaban J connectivity index is 1.51. The van der Waals surface area contributed by atoms with Gasteiger partial charge in [-0.1, -0.05) is 38.2 Å². The molecule has 0 saturated carbocycles. The highest BCUT2D eigenvalue weighted by atomic mass is 32.1. The Kier molecular flexibility index (Phi) is 5.61. The van der Waals surface area contributed by atoms with E-state index in [1.807, 2.05) is 23.7 Å². The maximum absolute atomic E-state index is 12.8. The molecule has 1 N–H and O–H groups in total. The molecule has 4 rings (SSSR count). The van der Waals surface area contributed by atoms with Gasteiger partial charge in [0.25, 0.3) is 5.91 Å². The van der Waals surface area contributed by atoms with Crippen LogP contribution in [0.3, 0.4) is 0 Å². The third-order valence-corrected chi connectivity index (χ3v) is 5.74. The number of fused-ring (bicyclic) bond motifs is 3. The molecule has 3 aromatic rings. The number of benzene rings is 1. The molecule has 0 spiro atoms. The van der Waals surface area contributed by atoms with Gasteiger partial charge in [-0.3, -0.25) is 9.20 Å². The molecule has 0 radical (unpaired) electrons. The molecule has 156 valence electrons. The number of carbonyl (C=O) groups excluding carboxylic acids is 1. The Hall–Kier alpha value is -2.00. The van der Waals surface area contributed by atoms with E-state index in [1.165, 1.54) is 11.3 Å². The van der Waals surface area contributed by atoms with E-state index < -0.39 is 0 Å². The lowest BCUT2D eigenvalue weighted by Gasteiger charge is -2.26. The summed E-state index contributed by atoms with van der Waals surface area (Å²) in [4.78, 5) is 20.8. The van der Waals surface area contributed by atoms with Crippen molar-refractivity contribution in [1.29, 1.82) is 0 Å². The van der Waals surface area contributed by atoms with Gasteiger partial charge in [0, 0.05) is 32.9 Å². The molecule has 0 aliphatic carbocycles. The van der Waals surface area contributed by atoms with Crippen molar-refractivity contribution < 1.29 is 14.3 Å². The first kappa shape index (κ1) is 20.3.